The van der Waals surface area contributed by atoms with Crippen LogP contribution in [-0.4, -0.2) is 16.0 Å². The Kier molecular flexibility index (Phi) is 2.59. The maximum absolute atomic E-state index is 9.71. The Morgan fingerprint density at radius 1 is 1.00 bits per heavy atom. The summed E-state index contributed by atoms with van der Waals surface area (Å²) in [6, 6.07) is 1.89. The predicted molar refractivity (Wildman–Crippen MR) is 46.0 cm³/mol. The fourth-order valence-corrected chi connectivity index (χ4v) is 1.02. The highest BCUT2D eigenvalue weighted by atomic mass is 16.5. The average molecular weight is 171 g/mol. The van der Waals surface area contributed by atoms with Crippen molar-refractivity contribution in [2.45, 2.75) is 40.4 Å². The minimum absolute atomic E-state index is 0.730. The van der Waals surface area contributed by atoms with Gasteiger partial charge in [0.25, 0.3) is 0 Å². The first-order chi connectivity index (χ1) is 5.06. The third-order valence-corrected chi connectivity index (χ3v) is 2.20. The van der Waals surface area contributed by atoms with Crippen molar-refractivity contribution in [1.29, 1.82) is 5.26 Å². The highest BCUT2D eigenvalue weighted by Gasteiger charge is 2.51. The Bertz CT molecular complexity index is 206. The van der Waals surface area contributed by atoms with Crippen LogP contribution in [0, 0.1) is 22.2 Å². The molecular formula is C9H17NO2. The smallest absolute Gasteiger partial charge is 0.186 e. The van der Waals surface area contributed by atoms with Crippen LogP contribution in [0.1, 0.15) is 34.6 Å². The van der Waals surface area contributed by atoms with Crippen LogP contribution in [0.2, 0.25) is 0 Å². The van der Waals surface area contributed by atoms with Gasteiger partial charge in [-0.05, 0) is 13.8 Å². The molecule has 3 nitrogen and oxygen atoms in total. The summed E-state index contributed by atoms with van der Waals surface area (Å²) in [7, 11) is 0. The molecular weight excluding hydrogens is 154 g/mol. The number of nitrogens with zero attached hydrogens (tertiary/aromatic N) is 1. The van der Waals surface area contributed by atoms with Crippen LogP contribution in [0.15, 0.2) is 0 Å². The Hall–Kier alpha value is -0.590. The Morgan fingerprint density at radius 3 is 1.42 bits per heavy atom. The lowest BCUT2D eigenvalue weighted by atomic mass is 9.70. The third kappa shape index (κ3) is 1.60. The summed E-state index contributed by atoms with van der Waals surface area (Å²) >= 11 is 0. The SMILES string of the molecule is CC(C)(C)C(O)(O)C(C)(C)C#N. The second kappa shape index (κ2) is 2.72. The van der Waals surface area contributed by atoms with Crippen molar-refractivity contribution >= 4 is 0 Å². The van der Waals surface area contributed by atoms with Crippen LogP contribution in [0.25, 0.3) is 0 Å². The largest absolute Gasteiger partial charge is 0.364 e. The minimum atomic E-state index is -1.98. The fraction of sp³-hybridized carbons (Fsp3) is 0.889. The number of rotatable bonds is 1. The molecule has 3 heteroatoms. The summed E-state index contributed by atoms with van der Waals surface area (Å²) < 4.78 is 0. The molecule has 0 aromatic carbocycles. The van der Waals surface area contributed by atoms with E-state index in [0.29, 0.717) is 0 Å². The molecule has 0 spiro atoms. The lowest BCUT2D eigenvalue weighted by Crippen LogP contribution is -2.53. The molecule has 0 atom stereocenters. The maximum atomic E-state index is 9.71. The molecule has 0 aromatic heterocycles. The van der Waals surface area contributed by atoms with Gasteiger partial charge in [-0.1, -0.05) is 20.8 Å². The molecule has 12 heavy (non-hydrogen) atoms. The van der Waals surface area contributed by atoms with E-state index in [4.69, 9.17) is 5.26 Å². The van der Waals surface area contributed by atoms with Crippen molar-refractivity contribution in [2.24, 2.45) is 10.8 Å². The Balaban J connectivity index is 5.02. The predicted octanol–water partition coefficient (Wildman–Crippen LogP) is 1.26. The van der Waals surface area contributed by atoms with Crippen LogP contribution in [0.5, 0.6) is 0 Å². The van der Waals surface area contributed by atoms with Crippen molar-refractivity contribution in [3.8, 4) is 6.07 Å². The molecule has 2 N–H and O–H groups in total. The first kappa shape index (κ1) is 11.4. The second-order valence-corrected chi connectivity index (χ2v) is 4.66. The van der Waals surface area contributed by atoms with Gasteiger partial charge >= 0.3 is 0 Å². The molecule has 0 fully saturated rings. The molecule has 70 valence electrons. The number of hydrogen-bond acceptors (Lipinski definition) is 3. The van der Waals surface area contributed by atoms with Crippen LogP contribution in [-0.2, 0) is 0 Å². The van der Waals surface area contributed by atoms with E-state index in [9.17, 15) is 10.2 Å². The van der Waals surface area contributed by atoms with E-state index in [1.807, 2.05) is 6.07 Å². The van der Waals surface area contributed by atoms with Gasteiger partial charge in [0, 0.05) is 5.41 Å². The normalized spacial score (nSPS) is 14.2. The average Bonchev–Trinajstić information content (AvgIpc) is 1.85. The summed E-state index contributed by atoms with van der Waals surface area (Å²) in [4.78, 5) is 0. The van der Waals surface area contributed by atoms with Gasteiger partial charge in [0.1, 0.15) is 5.41 Å². The highest BCUT2D eigenvalue weighted by molar-refractivity contribution is 5.05. The van der Waals surface area contributed by atoms with E-state index in [1.54, 1.807) is 20.8 Å². The summed E-state index contributed by atoms with van der Waals surface area (Å²) in [5.41, 5.74) is -1.89. The Morgan fingerprint density at radius 2 is 1.33 bits per heavy atom. The van der Waals surface area contributed by atoms with Crippen LogP contribution in [0.4, 0.5) is 0 Å². The molecule has 0 aliphatic rings. The van der Waals surface area contributed by atoms with Crippen LogP contribution in [0.3, 0.4) is 0 Å². The molecule has 0 saturated heterocycles. The number of aliphatic hydroxyl groups is 2. The first-order valence-corrected chi connectivity index (χ1v) is 3.92. The molecule has 0 unspecified atom stereocenters. The summed E-state index contributed by atoms with van der Waals surface area (Å²) in [6.45, 7) is 8.08. The standard InChI is InChI=1S/C9H17NO2/c1-7(2,3)9(11,12)8(4,5)6-10/h11-12H,1-5H3. The molecule has 0 bridgehead atoms. The number of hydrogen-bond donors (Lipinski definition) is 2. The lowest BCUT2D eigenvalue weighted by molar-refractivity contribution is -0.275. The fourth-order valence-electron chi connectivity index (χ4n) is 1.02. The van der Waals surface area contributed by atoms with E-state index in [-0.39, 0.29) is 0 Å². The second-order valence-electron chi connectivity index (χ2n) is 4.66. The van der Waals surface area contributed by atoms with Crippen LogP contribution < -0.4 is 0 Å². The van der Waals surface area contributed by atoms with Crippen molar-refractivity contribution in [3.63, 3.8) is 0 Å². The lowest BCUT2D eigenvalue weighted by Gasteiger charge is -2.42. The van der Waals surface area contributed by atoms with Crippen molar-refractivity contribution in [1.82, 2.24) is 0 Å². The summed E-state index contributed by atoms with van der Waals surface area (Å²) in [5.74, 6) is -1.98. The zero-order chi connectivity index (χ0) is 10.2. The molecule has 0 heterocycles. The third-order valence-electron chi connectivity index (χ3n) is 2.20. The molecule has 0 rings (SSSR count). The maximum Gasteiger partial charge on any atom is 0.186 e. The van der Waals surface area contributed by atoms with E-state index in [2.05, 4.69) is 0 Å². The zero-order valence-electron chi connectivity index (χ0n) is 8.34. The van der Waals surface area contributed by atoms with Gasteiger partial charge in [-0.2, -0.15) is 5.26 Å². The van der Waals surface area contributed by atoms with Gasteiger partial charge in [0.05, 0.1) is 6.07 Å². The molecule has 0 aliphatic carbocycles. The Labute approximate surface area is 73.6 Å². The topological polar surface area (TPSA) is 64.2 Å². The van der Waals surface area contributed by atoms with Gasteiger partial charge in [-0.3, -0.25) is 0 Å². The number of nitriles is 1. The molecule has 0 aromatic rings. The summed E-state index contributed by atoms with van der Waals surface area (Å²) in [5, 5.41) is 28.1. The molecule has 0 aliphatic heterocycles. The van der Waals surface area contributed by atoms with Crippen molar-refractivity contribution in [2.75, 3.05) is 0 Å². The van der Waals surface area contributed by atoms with E-state index < -0.39 is 16.6 Å². The molecule has 0 radical (unpaired) electrons. The van der Waals surface area contributed by atoms with Gasteiger partial charge in [-0.15, -0.1) is 0 Å². The first-order valence-electron chi connectivity index (χ1n) is 3.92. The van der Waals surface area contributed by atoms with Gasteiger partial charge in [0.2, 0.25) is 0 Å². The zero-order valence-corrected chi connectivity index (χ0v) is 8.34. The van der Waals surface area contributed by atoms with Crippen molar-refractivity contribution < 1.29 is 10.2 Å². The van der Waals surface area contributed by atoms with Gasteiger partial charge in [0.15, 0.2) is 5.79 Å². The monoisotopic (exact) mass is 171 g/mol. The quantitative estimate of drug-likeness (QED) is 0.584. The highest BCUT2D eigenvalue weighted by Crippen LogP contribution is 2.41. The summed E-state index contributed by atoms with van der Waals surface area (Å²) in [6.07, 6.45) is 0. The molecule has 0 amide bonds. The van der Waals surface area contributed by atoms with Crippen molar-refractivity contribution in [3.05, 3.63) is 0 Å². The van der Waals surface area contributed by atoms with E-state index in [0.717, 1.165) is 0 Å². The van der Waals surface area contributed by atoms with Gasteiger partial charge < -0.3 is 10.2 Å². The van der Waals surface area contributed by atoms with E-state index >= 15 is 0 Å². The van der Waals surface area contributed by atoms with Crippen LogP contribution >= 0.6 is 0 Å². The minimum Gasteiger partial charge on any atom is -0.364 e. The van der Waals surface area contributed by atoms with E-state index in [1.165, 1.54) is 13.8 Å². The molecule has 0 saturated carbocycles. The van der Waals surface area contributed by atoms with Gasteiger partial charge in [-0.25, -0.2) is 0 Å².